The lowest BCUT2D eigenvalue weighted by Gasteiger charge is -2.33. The lowest BCUT2D eigenvalue weighted by molar-refractivity contribution is 0.300. The van der Waals surface area contributed by atoms with Crippen molar-refractivity contribution in [3.63, 3.8) is 0 Å². The summed E-state index contributed by atoms with van der Waals surface area (Å²) in [5.41, 5.74) is 4.28. The quantitative estimate of drug-likeness (QED) is 0.718. The fourth-order valence-electron chi connectivity index (χ4n) is 3.18. The molecule has 0 amide bonds. The lowest BCUT2D eigenvalue weighted by atomic mass is 9.71. The molecule has 1 heteroatoms. The van der Waals surface area contributed by atoms with Gasteiger partial charge in [0.05, 0.1) is 0 Å². The molecule has 2 unspecified atom stereocenters. The van der Waals surface area contributed by atoms with Gasteiger partial charge in [0.15, 0.2) is 0 Å². The zero-order chi connectivity index (χ0) is 12.8. The van der Waals surface area contributed by atoms with Gasteiger partial charge < -0.3 is 0 Å². The second kappa shape index (κ2) is 3.94. The van der Waals surface area contributed by atoms with Crippen LogP contribution in [0.25, 0.3) is 0 Å². The highest BCUT2D eigenvalue weighted by Gasteiger charge is 2.40. The van der Waals surface area contributed by atoms with Gasteiger partial charge in [0.25, 0.3) is 0 Å². The van der Waals surface area contributed by atoms with Crippen LogP contribution in [0.4, 0.5) is 0 Å². The van der Waals surface area contributed by atoms with E-state index in [-0.39, 0.29) is 5.41 Å². The number of aromatic nitrogens is 1. The largest absolute Gasteiger partial charge is 0.261 e. The van der Waals surface area contributed by atoms with Crippen LogP contribution >= 0.6 is 0 Å². The Hall–Kier alpha value is -1.63. The third kappa shape index (κ3) is 1.74. The maximum absolute atomic E-state index is 4.57. The second-order valence-corrected chi connectivity index (χ2v) is 6.25. The molecule has 1 aromatic heterocycles. The minimum Gasteiger partial charge on any atom is -0.261 e. The number of rotatable bonds is 1. The molecule has 1 nitrogen and oxygen atoms in total. The predicted octanol–water partition coefficient (Wildman–Crippen LogP) is 4.36. The van der Waals surface area contributed by atoms with E-state index in [1.54, 1.807) is 0 Å². The minimum atomic E-state index is 0.226. The zero-order valence-corrected chi connectivity index (χ0v) is 11.2. The van der Waals surface area contributed by atoms with Crippen LogP contribution in [0.1, 0.15) is 49.4 Å². The molecule has 1 aliphatic rings. The van der Waals surface area contributed by atoms with E-state index in [1.807, 2.05) is 6.20 Å². The van der Waals surface area contributed by atoms with Gasteiger partial charge in [0.1, 0.15) is 0 Å². The topological polar surface area (TPSA) is 12.9 Å². The summed E-state index contributed by atoms with van der Waals surface area (Å²) < 4.78 is 0. The van der Waals surface area contributed by atoms with Gasteiger partial charge in [0.2, 0.25) is 0 Å². The van der Waals surface area contributed by atoms with Gasteiger partial charge in [-0.3, -0.25) is 4.98 Å². The second-order valence-electron chi connectivity index (χ2n) is 6.25. The molecular formula is C17H19N. The first kappa shape index (κ1) is 11.5. The van der Waals surface area contributed by atoms with Crippen molar-refractivity contribution in [2.24, 2.45) is 5.41 Å². The average molecular weight is 237 g/mol. The first-order valence-electron chi connectivity index (χ1n) is 6.58. The first-order valence-corrected chi connectivity index (χ1v) is 6.58. The van der Waals surface area contributed by atoms with Crippen LogP contribution in [-0.2, 0) is 0 Å². The van der Waals surface area contributed by atoms with Crippen LogP contribution in [0.2, 0.25) is 0 Å². The molecule has 0 radical (unpaired) electrons. The van der Waals surface area contributed by atoms with Crippen molar-refractivity contribution in [3.8, 4) is 0 Å². The SMILES string of the molecule is CC(C)(C)C1c2cc(ccn2)C1c1ccccc1. The Kier molecular flexibility index (Phi) is 2.51. The molecule has 1 aromatic carbocycles. The number of fused-ring (bicyclic) bond motifs is 2. The summed E-state index contributed by atoms with van der Waals surface area (Å²) in [6, 6.07) is 15.2. The maximum Gasteiger partial charge on any atom is 0.0452 e. The van der Waals surface area contributed by atoms with Crippen molar-refractivity contribution in [1.29, 1.82) is 0 Å². The Morgan fingerprint density at radius 1 is 0.944 bits per heavy atom. The third-order valence-electron chi connectivity index (χ3n) is 3.91. The molecule has 1 aliphatic carbocycles. The highest BCUT2D eigenvalue weighted by molar-refractivity contribution is 5.43. The summed E-state index contributed by atoms with van der Waals surface area (Å²) in [6.07, 6.45) is 1.95. The van der Waals surface area contributed by atoms with E-state index in [4.69, 9.17) is 0 Å². The molecule has 2 bridgehead atoms. The average Bonchev–Trinajstić information content (AvgIpc) is 2.61. The zero-order valence-electron chi connectivity index (χ0n) is 11.2. The van der Waals surface area contributed by atoms with Crippen molar-refractivity contribution >= 4 is 0 Å². The maximum atomic E-state index is 4.57. The van der Waals surface area contributed by atoms with Gasteiger partial charge in [-0.15, -0.1) is 0 Å². The van der Waals surface area contributed by atoms with Gasteiger partial charge in [-0.1, -0.05) is 51.1 Å². The van der Waals surface area contributed by atoms with Crippen molar-refractivity contribution in [1.82, 2.24) is 4.98 Å². The van der Waals surface area contributed by atoms with Crippen LogP contribution in [0, 0.1) is 5.41 Å². The van der Waals surface area contributed by atoms with E-state index >= 15 is 0 Å². The smallest absolute Gasteiger partial charge is 0.0452 e. The summed E-state index contributed by atoms with van der Waals surface area (Å²) in [6.45, 7) is 6.93. The molecule has 0 saturated carbocycles. The summed E-state index contributed by atoms with van der Waals surface area (Å²) in [5, 5.41) is 0. The van der Waals surface area contributed by atoms with Gasteiger partial charge in [0, 0.05) is 23.7 Å². The van der Waals surface area contributed by atoms with E-state index in [0.717, 1.165) is 0 Å². The van der Waals surface area contributed by atoms with E-state index < -0.39 is 0 Å². The first-order chi connectivity index (χ1) is 8.57. The third-order valence-corrected chi connectivity index (χ3v) is 3.91. The Bertz CT molecular complexity index is 551. The highest BCUT2D eigenvalue weighted by Crippen LogP contribution is 2.51. The monoisotopic (exact) mass is 237 g/mol. The minimum absolute atomic E-state index is 0.226. The molecule has 0 aliphatic heterocycles. The van der Waals surface area contributed by atoms with Crippen molar-refractivity contribution in [2.45, 2.75) is 32.6 Å². The van der Waals surface area contributed by atoms with Crippen LogP contribution in [-0.4, -0.2) is 4.98 Å². The molecule has 1 heterocycles. The van der Waals surface area contributed by atoms with E-state index in [9.17, 15) is 0 Å². The molecule has 0 saturated heterocycles. The highest BCUT2D eigenvalue weighted by atomic mass is 14.7. The van der Waals surface area contributed by atoms with E-state index in [1.165, 1.54) is 16.8 Å². The summed E-state index contributed by atoms with van der Waals surface area (Å²) in [7, 11) is 0. The van der Waals surface area contributed by atoms with E-state index in [0.29, 0.717) is 11.8 Å². The summed E-state index contributed by atoms with van der Waals surface area (Å²) in [4.78, 5) is 4.57. The number of hydrogen-bond acceptors (Lipinski definition) is 1. The molecule has 0 N–H and O–H groups in total. The number of hydrogen-bond donors (Lipinski definition) is 0. The van der Waals surface area contributed by atoms with Crippen molar-refractivity contribution in [3.05, 3.63) is 65.5 Å². The van der Waals surface area contributed by atoms with Crippen molar-refractivity contribution < 1.29 is 0 Å². The Balaban J connectivity index is 2.12. The molecule has 0 spiro atoms. The number of nitrogens with zero attached hydrogens (tertiary/aromatic N) is 1. The van der Waals surface area contributed by atoms with Crippen LogP contribution < -0.4 is 0 Å². The predicted molar refractivity (Wildman–Crippen MR) is 74.7 cm³/mol. The van der Waals surface area contributed by atoms with Crippen LogP contribution in [0.5, 0.6) is 0 Å². The Morgan fingerprint density at radius 3 is 2.33 bits per heavy atom. The standard InChI is InChI=1S/C17H19N/c1-17(2,3)16-14-11-13(9-10-18-14)15(16)12-7-5-4-6-8-12/h4-11,15-16H,1-3H3. The van der Waals surface area contributed by atoms with Gasteiger partial charge in [-0.2, -0.15) is 0 Å². The lowest BCUT2D eigenvalue weighted by Crippen LogP contribution is -2.22. The van der Waals surface area contributed by atoms with Gasteiger partial charge in [-0.05, 0) is 28.7 Å². The number of pyridine rings is 1. The van der Waals surface area contributed by atoms with E-state index in [2.05, 4.69) is 68.2 Å². The van der Waals surface area contributed by atoms with Crippen molar-refractivity contribution in [2.75, 3.05) is 0 Å². The Morgan fingerprint density at radius 2 is 1.67 bits per heavy atom. The Labute approximate surface area is 109 Å². The molecular weight excluding hydrogens is 218 g/mol. The molecule has 2 atom stereocenters. The van der Waals surface area contributed by atoms with Gasteiger partial charge >= 0.3 is 0 Å². The fourth-order valence-corrected chi connectivity index (χ4v) is 3.18. The molecule has 18 heavy (non-hydrogen) atoms. The number of benzene rings is 1. The van der Waals surface area contributed by atoms with Crippen LogP contribution in [0.15, 0.2) is 48.7 Å². The normalized spacial score (nSPS) is 22.2. The summed E-state index contributed by atoms with van der Waals surface area (Å²) >= 11 is 0. The molecule has 2 aromatic rings. The molecule has 92 valence electrons. The fraction of sp³-hybridized carbons (Fsp3) is 0.353. The molecule has 3 rings (SSSR count). The molecule has 0 fully saturated rings. The van der Waals surface area contributed by atoms with Crippen LogP contribution in [0.3, 0.4) is 0 Å². The van der Waals surface area contributed by atoms with Gasteiger partial charge in [-0.25, -0.2) is 0 Å². The summed E-state index contributed by atoms with van der Waals surface area (Å²) in [5.74, 6) is 0.939.